The maximum atomic E-state index is 11.5. The van der Waals surface area contributed by atoms with Gasteiger partial charge in [0, 0.05) is 25.7 Å². The van der Waals surface area contributed by atoms with Crippen LogP contribution in [0.25, 0.3) is 0 Å². The van der Waals surface area contributed by atoms with Crippen LogP contribution >= 0.6 is 0 Å². The fourth-order valence-electron chi connectivity index (χ4n) is 3.08. The van der Waals surface area contributed by atoms with E-state index in [0.29, 0.717) is 11.5 Å². The minimum atomic E-state index is -1.26. The van der Waals surface area contributed by atoms with Crippen molar-refractivity contribution in [3.05, 3.63) is 35.5 Å². The number of carboxylic acids is 1. The number of carbonyl (C=O) groups is 1. The van der Waals surface area contributed by atoms with Crippen molar-refractivity contribution in [1.82, 2.24) is 9.80 Å². The van der Waals surface area contributed by atoms with Crippen molar-refractivity contribution in [2.24, 2.45) is 4.99 Å². The van der Waals surface area contributed by atoms with Crippen LogP contribution in [-0.4, -0.2) is 59.4 Å². The van der Waals surface area contributed by atoms with Gasteiger partial charge in [-0.25, -0.2) is 9.79 Å². The highest BCUT2D eigenvalue weighted by Crippen LogP contribution is 2.33. The van der Waals surface area contributed by atoms with Crippen LogP contribution in [0.5, 0.6) is 0 Å². The molecule has 24 heavy (non-hydrogen) atoms. The summed E-state index contributed by atoms with van der Waals surface area (Å²) in [7, 11) is 2.05. The molecule has 0 aliphatic carbocycles. The molecular formula is C17H19N5O2. The zero-order chi connectivity index (χ0) is 17.3. The van der Waals surface area contributed by atoms with Crippen molar-refractivity contribution in [2.45, 2.75) is 13.0 Å². The van der Waals surface area contributed by atoms with Crippen molar-refractivity contribution in [3.8, 4) is 6.07 Å². The van der Waals surface area contributed by atoms with Crippen molar-refractivity contribution < 1.29 is 9.90 Å². The molecule has 1 unspecified atom stereocenters. The van der Waals surface area contributed by atoms with E-state index in [9.17, 15) is 15.2 Å². The molecule has 0 bridgehead atoms. The van der Waals surface area contributed by atoms with Gasteiger partial charge in [-0.15, -0.1) is 0 Å². The number of nitriles is 1. The Hall–Kier alpha value is -2.85. The maximum Gasteiger partial charge on any atom is 0.348 e. The van der Waals surface area contributed by atoms with Crippen molar-refractivity contribution >= 4 is 23.2 Å². The van der Waals surface area contributed by atoms with E-state index < -0.39 is 5.97 Å². The number of nitrogens with zero attached hydrogens (tertiary/aromatic N) is 4. The van der Waals surface area contributed by atoms with Gasteiger partial charge < -0.3 is 20.2 Å². The maximum absolute atomic E-state index is 11.5. The van der Waals surface area contributed by atoms with Gasteiger partial charge in [0.1, 0.15) is 11.8 Å². The number of carboxylic acid groups (broad SMARTS) is 1. The van der Waals surface area contributed by atoms with Crippen molar-refractivity contribution in [2.75, 3.05) is 32.0 Å². The van der Waals surface area contributed by atoms with E-state index in [0.717, 1.165) is 25.3 Å². The molecule has 2 aliphatic rings. The zero-order valence-corrected chi connectivity index (χ0v) is 13.7. The molecular weight excluding hydrogens is 306 g/mol. The normalized spacial score (nSPS) is 22.8. The summed E-state index contributed by atoms with van der Waals surface area (Å²) in [5.41, 5.74) is 1.38. The lowest BCUT2D eigenvalue weighted by Crippen LogP contribution is -2.54. The Kier molecular flexibility index (Phi) is 4.23. The number of hydrogen-bond donors (Lipinski definition) is 2. The molecule has 2 heterocycles. The van der Waals surface area contributed by atoms with E-state index in [1.165, 1.54) is 0 Å². The quantitative estimate of drug-likeness (QED) is 0.602. The minimum absolute atomic E-state index is 0.165. The molecule has 1 fully saturated rings. The first-order valence-electron chi connectivity index (χ1n) is 7.79. The molecule has 1 saturated heterocycles. The number of piperazine rings is 1. The summed E-state index contributed by atoms with van der Waals surface area (Å²) < 4.78 is 0. The average Bonchev–Trinajstić information content (AvgIpc) is 2.55. The first kappa shape index (κ1) is 16.0. The largest absolute Gasteiger partial charge is 0.477 e. The Balaban J connectivity index is 2.12. The second-order valence-corrected chi connectivity index (χ2v) is 6.05. The molecule has 2 aliphatic heterocycles. The minimum Gasteiger partial charge on any atom is -0.477 e. The van der Waals surface area contributed by atoms with Crippen LogP contribution in [-0.2, 0) is 4.79 Å². The molecule has 0 saturated carbocycles. The molecule has 7 heteroatoms. The molecule has 1 atom stereocenters. The van der Waals surface area contributed by atoms with Gasteiger partial charge in [-0.05, 0) is 26.1 Å². The first-order valence-corrected chi connectivity index (χ1v) is 7.79. The van der Waals surface area contributed by atoms with Crippen LogP contribution in [0.1, 0.15) is 6.92 Å². The lowest BCUT2D eigenvalue weighted by atomic mass is 10.1. The molecule has 0 amide bonds. The van der Waals surface area contributed by atoms with Gasteiger partial charge in [0.15, 0.2) is 11.4 Å². The summed E-state index contributed by atoms with van der Waals surface area (Å²) in [5, 5.41) is 21.8. The lowest BCUT2D eigenvalue weighted by Gasteiger charge is -2.41. The molecule has 1 aromatic rings. The Labute approximate surface area is 140 Å². The van der Waals surface area contributed by atoms with Crippen molar-refractivity contribution in [3.63, 3.8) is 0 Å². The average molecular weight is 325 g/mol. The SMILES string of the molecule is CC1CN(C)CCN1C1=Nc2ccccc2NC1=C(C#N)C(=O)O. The van der Waals surface area contributed by atoms with Crippen LogP contribution in [0.15, 0.2) is 40.5 Å². The predicted octanol–water partition coefficient (Wildman–Crippen LogP) is 1.64. The Morgan fingerprint density at radius 3 is 2.83 bits per heavy atom. The van der Waals surface area contributed by atoms with Gasteiger partial charge in [0.2, 0.25) is 0 Å². The van der Waals surface area contributed by atoms with Crippen LogP contribution in [0.3, 0.4) is 0 Å². The summed E-state index contributed by atoms with van der Waals surface area (Å²) in [6.45, 7) is 4.50. The van der Waals surface area contributed by atoms with Gasteiger partial charge in [-0.3, -0.25) is 0 Å². The van der Waals surface area contributed by atoms with Gasteiger partial charge in [0.25, 0.3) is 0 Å². The summed E-state index contributed by atoms with van der Waals surface area (Å²) in [5.74, 6) is -0.734. The number of amidine groups is 1. The third kappa shape index (κ3) is 2.84. The highest BCUT2D eigenvalue weighted by Gasteiger charge is 2.32. The van der Waals surface area contributed by atoms with Gasteiger partial charge >= 0.3 is 5.97 Å². The summed E-state index contributed by atoms with van der Waals surface area (Å²) >= 11 is 0. The highest BCUT2D eigenvalue weighted by atomic mass is 16.4. The monoisotopic (exact) mass is 325 g/mol. The number of fused-ring (bicyclic) bond motifs is 1. The number of nitrogens with one attached hydrogen (secondary N) is 1. The number of likely N-dealkylation sites (N-methyl/N-ethyl adjacent to an activating group) is 1. The number of aliphatic imine (C=N–C) groups is 1. The van der Waals surface area contributed by atoms with Gasteiger partial charge in [-0.1, -0.05) is 12.1 Å². The standard InChI is InChI=1S/C17H19N5O2/c1-11-10-21(2)7-8-22(11)16-15(12(9-18)17(23)24)19-13-5-3-4-6-14(13)20-16/h3-6,11,19H,7-8,10H2,1-2H3,(H,23,24). The number of hydrogen-bond acceptors (Lipinski definition) is 6. The fraction of sp³-hybridized carbons (Fsp3) is 0.353. The van der Waals surface area contributed by atoms with Crippen molar-refractivity contribution in [1.29, 1.82) is 5.26 Å². The molecule has 0 aromatic heterocycles. The highest BCUT2D eigenvalue weighted by molar-refractivity contribution is 6.12. The second-order valence-electron chi connectivity index (χ2n) is 6.05. The molecule has 2 N–H and O–H groups in total. The number of benzene rings is 1. The Bertz CT molecular complexity index is 777. The van der Waals surface area contributed by atoms with E-state index in [1.807, 2.05) is 24.3 Å². The number of rotatable bonds is 1. The first-order chi connectivity index (χ1) is 11.5. The van der Waals surface area contributed by atoms with Crippen LogP contribution in [0, 0.1) is 11.3 Å². The van der Waals surface area contributed by atoms with Gasteiger partial charge in [-0.2, -0.15) is 5.26 Å². The lowest BCUT2D eigenvalue weighted by molar-refractivity contribution is -0.132. The number of aliphatic carboxylic acids is 1. The van der Waals surface area contributed by atoms with E-state index in [-0.39, 0.29) is 17.3 Å². The number of anilines is 1. The fourth-order valence-corrected chi connectivity index (χ4v) is 3.08. The Morgan fingerprint density at radius 2 is 2.17 bits per heavy atom. The van der Waals surface area contributed by atoms with Crippen LogP contribution in [0.4, 0.5) is 11.4 Å². The Morgan fingerprint density at radius 1 is 1.42 bits per heavy atom. The van der Waals surface area contributed by atoms with E-state index in [1.54, 1.807) is 6.07 Å². The number of para-hydroxylation sites is 2. The molecule has 1 aromatic carbocycles. The molecule has 0 radical (unpaired) electrons. The molecule has 3 rings (SSSR count). The van der Waals surface area contributed by atoms with Crippen LogP contribution < -0.4 is 5.32 Å². The third-order valence-corrected chi connectivity index (χ3v) is 4.29. The zero-order valence-electron chi connectivity index (χ0n) is 13.7. The predicted molar refractivity (Wildman–Crippen MR) is 91.1 cm³/mol. The summed E-state index contributed by atoms with van der Waals surface area (Å²) in [4.78, 5) is 20.5. The van der Waals surface area contributed by atoms with Gasteiger partial charge in [0.05, 0.1) is 11.4 Å². The van der Waals surface area contributed by atoms with E-state index in [4.69, 9.17) is 0 Å². The molecule has 0 spiro atoms. The third-order valence-electron chi connectivity index (χ3n) is 4.29. The van der Waals surface area contributed by atoms with Crippen LogP contribution in [0.2, 0.25) is 0 Å². The van der Waals surface area contributed by atoms with E-state index >= 15 is 0 Å². The second kappa shape index (κ2) is 6.34. The molecule has 124 valence electrons. The summed E-state index contributed by atoms with van der Waals surface area (Å²) in [6, 6.07) is 9.37. The topological polar surface area (TPSA) is 92.0 Å². The summed E-state index contributed by atoms with van der Waals surface area (Å²) in [6.07, 6.45) is 0. The molecule has 7 nitrogen and oxygen atoms in total. The smallest absolute Gasteiger partial charge is 0.348 e. The van der Waals surface area contributed by atoms with E-state index in [2.05, 4.69) is 34.1 Å².